The molecule has 3 rings (SSSR count). The van der Waals surface area contributed by atoms with Crippen LogP contribution in [0.4, 0.5) is 0 Å². The molecule has 2 aromatic rings. The van der Waals surface area contributed by atoms with E-state index in [9.17, 15) is 9.59 Å². The number of ketones is 1. The molecule has 1 aliphatic carbocycles. The standard InChI is InChI=1S/C20H20O4/c1-13(24-18-10-8-15(9-11-18)20(22)23-2)19(21)17-7-6-14-4-3-5-16(14)12-17/h6-13H,3-5H2,1-2H3. The highest BCUT2D eigenvalue weighted by atomic mass is 16.5. The zero-order chi connectivity index (χ0) is 17.1. The molecule has 0 aromatic heterocycles. The molecule has 0 spiro atoms. The molecule has 0 bridgehead atoms. The molecule has 0 N–H and O–H groups in total. The number of fused-ring (bicyclic) bond motifs is 1. The van der Waals surface area contributed by atoms with Crippen molar-refractivity contribution in [2.45, 2.75) is 32.3 Å². The van der Waals surface area contributed by atoms with E-state index in [4.69, 9.17) is 4.74 Å². The van der Waals surface area contributed by atoms with Crippen LogP contribution in [-0.2, 0) is 17.6 Å². The van der Waals surface area contributed by atoms with Crippen LogP contribution in [0.3, 0.4) is 0 Å². The molecule has 0 saturated carbocycles. The minimum absolute atomic E-state index is 0.0401. The second-order valence-corrected chi connectivity index (χ2v) is 5.98. The van der Waals surface area contributed by atoms with Gasteiger partial charge in [0.05, 0.1) is 12.7 Å². The summed E-state index contributed by atoms with van der Waals surface area (Å²) in [5, 5.41) is 0. The number of aryl methyl sites for hydroxylation is 2. The molecule has 1 unspecified atom stereocenters. The van der Waals surface area contributed by atoms with Crippen LogP contribution < -0.4 is 4.74 Å². The fraction of sp³-hybridized carbons (Fsp3) is 0.300. The van der Waals surface area contributed by atoms with Crippen LogP contribution in [0.2, 0.25) is 0 Å². The molecule has 1 aliphatic rings. The third kappa shape index (κ3) is 3.32. The lowest BCUT2D eigenvalue weighted by atomic mass is 10.0. The van der Waals surface area contributed by atoms with Crippen LogP contribution in [0.1, 0.15) is 45.2 Å². The van der Waals surface area contributed by atoms with E-state index in [1.54, 1.807) is 31.2 Å². The second kappa shape index (κ2) is 6.87. The zero-order valence-electron chi connectivity index (χ0n) is 13.9. The van der Waals surface area contributed by atoms with Gasteiger partial charge in [-0.15, -0.1) is 0 Å². The maximum Gasteiger partial charge on any atom is 0.337 e. The lowest BCUT2D eigenvalue weighted by Crippen LogP contribution is -2.24. The molecule has 4 heteroatoms. The molecule has 1 atom stereocenters. The molecular weight excluding hydrogens is 304 g/mol. The van der Waals surface area contributed by atoms with Gasteiger partial charge >= 0.3 is 5.97 Å². The minimum atomic E-state index is -0.589. The summed E-state index contributed by atoms with van der Waals surface area (Å²) in [5.74, 6) is 0.107. The van der Waals surface area contributed by atoms with E-state index >= 15 is 0 Å². The number of ether oxygens (including phenoxy) is 2. The van der Waals surface area contributed by atoms with Crippen molar-refractivity contribution in [1.82, 2.24) is 0 Å². The first kappa shape index (κ1) is 16.2. The van der Waals surface area contributed by atoms with E-state index in [0.29, 0.717) is 16.9 Å². The predicted octanol–water partition coefficient (Wildman–Crippen LogP) is 3.61. The largest absolute Gasteiger partial charge is 0.483 e. The quantitative estimate of drug-likeness (QED) is 0.623. The Balaban J connectivity index is 1.69. The van der Waals surface area contributed by atoms with Crippen molar-refractivity contribution >= 4 is 11.8 Å². The summed E-state index contributed by atoms with van der Waals surface area (Å²) in [6, 6.07) is 12.5. The Bertz CT molecular complexity index is 762. The number of esters is 1. The molecule has 0 amide bonds. The summed E-state index contributed by atoms with van der Waals surface area (Å²) in [4.78, 5) is 24.0. The van der Waals surface area contributed by atoms with Gasteiger partial charge in [0.2, 0.25) is 5.78 Å². The number of rotatable bonds is 5. The van der Waals surface area contributed by atoms with Crippen molar-refractivity contribution in [3.63, 3.8) is 0 Å². The SMILES string of the molecule is COC(=O)c1ccc(OC(C)C(=O)c2ccc3c(c2)CCC3)cc1. The Morgan fingerprint density at radius 1 is 0.958 bits per heavy atom. The number of Topliss-reactive ketones (excluding diaryl/α,β-unsaturated/α-hetero) is 1. The van der Waals surface area contributed by atoms with Crippen LogP contribution in [0, 0.1) is 0 Å². The topological polar surface area (TPSA) is 52.6 Å². The number of hydrogen-bond acceptors (Lipinski definition) is 4. The van der Waals surface area contributed by atoms with Crippen LogP contribution in [0.15, 0.2) is 42.5 Å². The summed E-state index contributed by atoms with van der Waals surface area (Å²) < 4.78 is 10.4. The van der Waals surface area contributed by atoms with Gasteiger partial charge in [0, 0.05) is 5.56 Å². The average molecular weight is 324 g/mol. The van der Waals surface area contributed by atoms with Gasteiger partial charge in [-0.2, -0.15) is 0 Å². The fourth-order valence-corrected chi connectivity index (χ4v) is 3.00. The smallest absolute Gasteiger partial charge is 0.337 e. The van der Waals surface area contributed by atoms with Crippen molar-refractivity contribution < 1.29 is 19.1 Å². The van der Waals surface area contributed by atoms with Crippen molar-refractivity contribution in [2.24, 2.45) is 0 Å². The van der Waals surface area contributed by atoms with Gasteiger partial charge in [0.1, 0.15) is 5.75 Å². The van der Waals surface area contributed by atoms with Crippen LogP contribution in [-0.4, -0.2) is 25.0 Å². The van der Waals surface area contributed by atoms with Crippen LogP contribution in [0.25, 0.3) is 0 Å². The summed E-state index contributed by atoms with van der Waals surface area (Å²) in [6.45, 7) is 1.74. The van der Waals surface area contributed by atoms with Gasteiger partial charge in [0.15, 0.2) is 6.10 Å². The summed E-state index contributed by atoms with van der Waals surface area (Å²) >= 11 is 0. The van der Waals surface area contributed by atoms with Gasteiger partial charge in [-0.1, -0.05) is 12.1 Å². The Hall–Kier alpha value is -2.62. The third-order valence-electron chi connectivity index (χ3n) is 4.34. The lowest BCUT2D eigenvalue weighted by Gasteiger charge is -2.14. The van der Waals surface area contributed by atoms with E-state index in [2.05, 4.69) is 4.74 Å². The van der Waals surface area contributed by atoms with Gasteiger partial charge < -0.3 is 9.47 Å². The second-order valence-electron chi connectivity index (χ2n) is 5.98. The highest BCUT2D eigenvalue weighted by Gasteiger charge is 2.20. The highest BCUT2D eigenvalue weighted by molar-refractivity contribution is 5.99. The normalized spacial score (nSPS) is 13.9. The summed E-state index contributed by atoms with van der Waals surface area (Å²) in [7, 11) is 1.34. The van der Waals surface area contributed by atoms with Crippen molar-refractivity contribution in [3.8, 4) is 5.75 Å². The van der Waals surface area contributed by atoms with Crippen molar-refractivity contribution in [3.05, 3.63) is 64.7 Å². The maximum atomic E-state index is 12.6. The monoisotopic (exact) mass is 324 g/mol. The van der Waals surface area contributed by atoms with Crippen molar-refractivity contribution in [2.75, 3.05) is 7.11 Å². The number of hydrogen-bond donors (Lipinski definition) is 0. The van der Waals surface area contributed by atoms with Crippen LogP contribution in [0.5, 0.6) is 5.75 Å². The van der Waals surface area contributed by atoms with E-state index in [-0.39, 0.29) is 5.78 Å². The van der Waals surface area contributed by atoms with E-state index in [1.165, 1.54) is 18.2 Å². The zero-order valence-corrected chi connectivity index (χ0v) is 13.9. The Morgan fingerprint density at radius 2 is 1.62 bits per heavy atom. The molecule has 0 saturated heterocycles. The molecule has 0 heterocycles. The maximum absolute atomic E-state index is 12.6. The Kier molecular flexibility index (Phi) is 4.65. The lowest BCUT2D eigenvalue weighted by molar-refractivity contribution is 0.0600. The Morgan fingerprint density at radius 3 is 2.33 bits per heavy atom. The average Bonchev–Trinajstić information content (AvgIpc) is 3.08. The molecule has 2 aromatic carbocycles. The van der Waals surface area contributed by atoms with E-state index < -0.39 is 12.1 Å². The first-order chi connectivity index (χ1) is 11.6. The van der Waals surface area contributed by atoms with E-state index in [0.717, 1.165) is 19.3 Å². The van der Waals surface area contributed by atoms with E-state index in [1.807, 2.05) is 18.2 Å². The minimum Gasteiger partial charge on any atom is -0.483 e. The Labute approximate surface area is 141 Å². The number of carbonyl (C=O) groups is 2. The van der Waals surface area contributed by atoms with Crippen molar-refractivity contribution in [1.29, 1.82) is 0 Å². The number of methoxy groups -OCH3 is 1. The first-order valence-electron chi connectivity index (χ1n) is 8.09. The highest BCUT2D eigenvalue weighted by Crippen LogP contribution is 2.24. The number of carbonyl (C=O) groups excluding carboxylic acids is 2. The van der Waals surface area contributed by atoms with Gasteiger partial charge in [-0.25, -0.2) is 4.79 Å². The van der Waals surface area contributed by atoms with Crippen LogP contribution >= 0.6 is 0 Å². The van der Waals surface area contributed by atoms with Gasteiger partial charge in [0.25, 0.3) is 0 Å². The van der Waals surface area contributed by atoms with Gasteiger partial charge in [-0.05, 0) is 67.6 Å². The molecule has 0 aliphatic heterocycles. The summed E-state index contributed by atoms with van der Waals surface area (Å²) in [6.07, 6.45) is 2.71. The molecule has 0 radical (unpaired) electrons. The molecule has 24 heavy (non-hydrogen) atoms. The fourth-order valence-electron chi connectivity index (χ4n) is 3.00. The first-order valence-corrected chi connectivity index (χ1v) is 8.09. The third-order valence-corrected chi connectivity index (χ3v) is 4.34. The summed E-state index contributed by atoms with van der Waals surface area (Å²) in [5.41, 5.74) is 3.76. The molecule has 4 nitrogen and oxygen atoms in total. The molecular formula is C20H20O4. The molecule has 124 valence electrons. The van der Waals surface area contributed by atoms with Gasteiger partial charge in [-0.3, -0.25) is 4.79 Å². The predicted molar refractivity (Wildman–Crippen MR) is 90.7 cm³/mol. The number of benzene rings is 2. The molecule has 0 fully saturated rings.